The molecule has 0 N–H and O–H groups in total. The van der Waals surface area contributed by atoms with Crippen LogP contribution in [0.1, 0.15) is 0 Å². The molecule has 0 radical (unpaired) electrons. The Morgan fingerprint density at radius 3 is 2.57 bits per heavy atom. The van der Waals surface area contributed by atoms with Crippen LogP contribution in [-0.4, -0.2) is 13.7 Å². The van der Waals surface area contributed by atoms with Crippen molar-refractivity contribution in [2.45, 2.75) is 0 Å². The second-order valence-corrected chi connectivity index (χ2v) is 2.70. The topological polar surface area (TPSA) is 36.3 Å². The van der Waals surface area contributed by atoms with Crippen molar-refractivity contribution >= 4 is 5.69 Å². The standard InChI is InChI=1S/C11H12N2O/c1-3-8-13(9-12)10-4-6-11(14-2)7-5-10/h3-7H,1,8H2,2H3. The number of methoxy groups -OCH3 is 1. The smallest absolute Gasteiger partial charge is 0.184 e. The zero-order valence-corrected chi connectivity index (χ0v) is 8.10. The molecular formula is C11H12N2O. The molecule has 0 aliphatic rings. The molecule has 0 aliphatic carbocycles. The number of hydrogen-bond acceptors (Lipinski definition) is 3. The molecule has 3 heteroatoms. The highest BCUT2D eigenvalue weighted by Crippen LogP contribution is 2.18. The van der Waals surface area contributed by atoms with E-state index in [2.05, 4.69) is 12.8 Å². The predicted molar refractivity (Wildman–Crippen MR) is 56.2 cm³/mol. The molecule has 0 spiro atoms. The average Bonchev–Trinajstić information content (AvgIpc) is 2.26. The number of nitrogens with zero attached hydrogens (tertiary/aromatic N) is 2. The number of hydrogen-bond donors (Lipinski definition) is 0. The fourth-order valence-electron chi connectivity index (χ4n) is 1.10. The first-order chi connectivity index (χ1) is 6.81. The molecule has 1 rings (SSSR count). The fraction of sp³-hybridized carbons (Fsp3) is 0.182. The van der Waals surface area contributed by atoms with E-state index in [0.29, 0.717) is 6.54 Å². The lowest BCUT2D eigenvalue weighted by atomic mass is 10.3. The van der Waals surface area contributed by atoms with Gasteiger partial charge in [-0.15, -0.1) is 6.58 Å². The summed E-state index contributed by atoms with van der Waals surface area (Å²) < 4.78 is 5.02. The third-order valence-corrected chi connectivity index (χ3v) is 1.82. The van der Waals surface area contributed by atoms with Gasteiger partial charge in [-0.3, -0.25) is 4.90 Å². The lowest BCUT2D eigenvalue weighted by Gasteiger charge is -2.13. The maximum atomic E-state index is 8.83. The molecule has 14 heavy (non-hydrogen) atoms. The molecule has 0 aromatic heterocycles. The number of nitriles is 1. The van der Waals surface area contributed by atoms with Crippen molar-refractivity contribution in [3.05, 3.63) is 36.9 Å². The Morgan fingerprint density at radius 1 is 1.50 bits per heavy atom. The number of anilines is 1. The molecule has 0 fully saturated rings. The summed E-state index contributed by atoms with van der Waals surface area (Å²) in [7, 11) is 1.61. The van der Waals surface area contributed by atoms with Crippen molar-refractivity contribution in [2.75, 3.05) is 18.6 Å². The Labute approximate surface area is 83.8 Å². The van der Waals surface area contributed by atoms with Crippen LogP contribution in [0, 0.1) is 11.5 Å². The third kappa shape index (κ3) is 2.27. The van der Waals surface area contributed by atoms with Gasteiger partial charge in [0.2, 0.25) is 0 Å². The van der Waals surface area contributed by atoms with Crippen molar-refractivity contribution in [3.8, 4) is 11.9 Å². The lowest BCUT2D eigenvalue weighted by molar-refractivity contribution is 0.415. The molecule has 0 bridgehead atoms. The summed E-state index contributed by atoms with van der Waals surface area (Å²) in [6, 6.07) is 7.32. The minimum absolute atomic E-state index is 0.517. The van der Waals surface area contributed by atoms with Gasteiger partial charge >= 0.3 is 0 Å². The Balaban J connectivity index is 2.84. The van der Waals surface area contributed by atoms with Crippen LogP contribution in [0.15, 0.2) is 36.9 Å². The zero-order valence-electron chi connectivity index (χ0n) is 8.10. The van der Waals surface area contributed by atoms with Gasteiger partial charge in [0.05, 0.1) is 19.3 Å². The van der Waals surface area contributed by atoms with Crippen LogP contribution in [0.4, 0.5) is 5.69 Å². The fourth-order valence-corrected chi connectivity index (χ4v) is 1.10. The van der Waals surface area contributed by atoms with Crippen LogP contribution in [-0.2, 0) is 0 Å². The summed E-state index contributed by atoms with van der Waals surface area (Å²) >= 11 is 0. The molecule has 72 valence electrons. The van der Waals surface area contributed by atoms with Crippen molar-refractivity contribution in [3.63, 3.8) is 0 Å². The van der Waals surface area contributed by atoms with E-state index in [0.717, 1.165) is 11.4 Å². The molecule has 1 aromatic carbocycles. The van der Waals surface area contributed by atoms with E-state index in [1.807, 2.05) is 24.3 Å². The molecule has 0 unspecified atom stereocenters. The van der Waals surface area contributed by atoms with E-state index in [1.54, 1.807) is 18.1 Å². The van der Waals surface area contributed by atoms with Gasteiger partial charge in [0, 0.05) is 0 Å². The van der Waals surface area contributed by atoms with Gasteiger partial charge in [0.25, 0.3) is 0 Å². The first-order valence-corrected chi connectivity index (χ1v) is 4.24. The number of benzene rings is 1. The first-order valence-electron chi connectivity index (χ1n) is 4.24. The van der Waals surface area contributed by atoms with Crippen molar-refractivity contribution < 1.29 is 4.74 Å². The van der Waals surface area contributed by atoms with Gasteiger partial charge in [-0.2, -0.15) is 5.26 Å². The molecule has 1 aromatic rings. The van der Waals surface area contributed by atoms with Crippen molar-refractivity contribution in [1.29, 1.82) is 5.26 Å². The Kier molecular flexibility index (Phi) is 3.57. The summed E-state index contributed by atoms with van der Waals surface area (Å²) in [6.45, 7) is 4.11. The normalized spacial score (nSPS) is 8.86. The molecule has 0 aliphatic heterocycles. The van der Waals surface area contributed by atoms with E-state index in [-0.39, 0.29) is 0 Å². The van der Waals surface area contributed by atoms with Crippen LogP contribution in [0.25, 0.3) is 0 Å². The maximum absolute atomic E-state index is 8.83. The Morgan fingerprint density at radius 2 is 2.14 bits per heavy atom. The summed E-state index contributed by atoms with van der Waals surface area (Å²) in [5.74, 6) is 0.783. The van der Waals surface area contributed by atoms with Gasteiger partial charge in [-0.25, -0.2) is 0 Å². The molecule has 0 atom stereocenters. The second kappa shape index (κ2) is 4.93. The van der Waals surface area contributed by atoms with E-state index in [9.17, 15) is 0 Å². The first kappa shape index (κ1) is 10.1. The SMILES string of the molecule is C=CCN(C#N)c1ccc(OC)cc1. The monoisotopic (exact) mass is 188 g/mol. The molecule has 0 saturated heterocycles. The summed E-state index contributed by atoms with van der Waals surface area (Å²) in [5.41, 5.74) is 0.841. The van der Waals surface area contributed by atoms with Crippen LogP contribution < -0.4 is 9.64 Å². The molecule has 0 heterocycles. The van der Waals surface area contributed by atoms with Gasteiger partial charge in [0.1, 0.15) is 5.75 Å². The molecule has 0 amide bonds. The van der Waals surface area contributed by atoms with Gasteiger partial charge in [-0.05, 0) is 24.3 Å². The van der Waals surface area contributed by atoms with E-state index in [4.69, 9.17) is 10.00 Å². The van der Waals surface area contributed by atoms with Gasteiger partial charge < -0.3 is 4.74 Å². The average molecular weight is 188 g/mol. The molecular weight excluding hydrogens is 176 g/mol. The Bertz CT molecular complexity index is 337. The summed E-state index contributed by atoms with van der Waals surface area (Å²) in [5, 5.41) is 8.83. The van der Waals surface area contributed by atoms with Crippen molar-refractivity contribution in [1.82, 2.24) is 0 Å². The van der Waals surface area contributed by atoms with Crippen LogP contribution in [0.3, 0.4) is 0 Å². The molecule has 0 saturated carbocycles. The lowest BCUT2D eigenvalue weighted by Crippen LogP contribution is -2.15. The van der Waals surface area contributed by atoms with Gasteiger partial charge in [0.15, 0.2) is 6.19 Å². The van der Waals surface area contributed by atoms with E-state index >= 15 is 0 Å². The Hall–Kier alpha value is -1.95. The minimum atomic E-state index is 0.517. The quantitative estimate of drug-likeness (QED) is 0.412. The predicted octanol–water partition coefficient (Wildman–Crippen LogP) is 2.17. The largest absolute Gasteiger partial charge is 0.497 e. The minimum Gasteiger partial charge on any atom is -0.497 e. The summed E-state index contributed by atoms with van der Waals surface area (Å²) in [6.07, 6.45) is 3.77. The van der Waals surface area contributed by atoms with E-state index < -0.39 is 0 Å². The van der Waals surface area contributed by atoms with Gasteiger partial charge in [-0.1, -0.05) is 6.08 Å². The van der Waals surface area contributed by atoms with E-state index in [1.165, 1.54) is 0 Å². The van der Waals surface area contributed by atoms with Crippen molar-refractivity contribution in [2.24, 2.45) is 0 Å². The highest BCUT2D eigenvalue weighted by molar-refractivity contribution is 5.52. The maximum Gasteiger partial charge on any atom is 0.184 e. The van der Waals surface area contributed by atoms with Crippen LogP contribution in [0.2, 0.25) is 0 Å². The molecule has 3 nitrogen and oxygen atoms in total. The zero-order chi connectivity index (χ0) is 10.4. The van der Waals surface area contributed by atoms with Crippen LogP contribution >= 0.6 is 0 Å². The summed E-state index contributed by atoms with van der Waals surface area (Å²) in [4.78, 5) is 1.55. The highest BCUT2D eigenvalue weighted by atomic mass is 16.5. The number of rotatable bonds is 4. The van der Waals surface area contributed by atoms with Crippen LogP contribution in [0.5, 0.6) is 5.75 Å². The number of ether oxygens (including phenoxy) is 1. The third-order valence-electron chi connectivity index (χ3n) is 1.82. The second-order valence-electron chi connectivity index (χ2n) is 2.70. The highest BCUT2D eigenvalue weighted by Gasteiger charge is 2.02.